The van der Waals surface area contributed by atoms with E-state index >= 15 is 0 Å². The number of urea groups is 1. The highest BCUT2D eigenvalue weighted by Gasteiger charge is 2.12. The van der Waals surface area contributed by atoms with E-state index in [0.717, 1.165) is 28.4 Å². The van der Waals surface area contributed by atoms with Crippen LogP contribution in [-0.2, 0) is 0 Å². The summed E-state index contributed by atoms with van der Waals surface area (Å²) < 4.78 is 27.0. The van der Waals surface area contributed by atoms with Gasteiger partial charge < -0.3 is 10.6 Å². The Hall–Kier alpha value is -2.80. The number of hydrogen-bond acceptors (Lipinski definition) is 3. The fourth-order valence-corrected chi connectivity index (χ4v) is 2.74. The molecule has 0 fully saturated rings. The Bertz CT molecular complexity index is 858. The zero-order valence-electron chi connectivity index (χ0n) is 12.6. The molecule has 4 nitrogen and oxygen atoms in total. The molecule has 2 N–H and O–H groups in total. The number of para-hydroxylation sites is 1. The molecule has 0 aliphatic carbocycles. The van der Waals surface area contributed by atoms with Crippen LogP contribution in [-0.4, -0.2) is 11.0 Å². The van der Waals surface area contributed by atoms with Crippen LogP contribution in [0.25, 0.3) is 11.3 Å². The molecule has 7 heteroatoms. The zero-order chi connectivity index (χ0) is 17.1. The number of rotatable bonds is 3. The van der Waals surface area contributed by atoms with Crippen LogP contribution in [0.4, 0.5) is 25.0 Å². The number of aromatic nitrogens is 1. The second-order valence-electron chi connectivity index (χ2n) is 5.00. The summed E-state index contributed by atoms with van der Waals surface area (Å²) in [6.07, 6.45) is 0. The summed E-state index contributed by atoms with van der Waals surface area (Å²) in [4.78, 5) is 16.3. The number of carbonyl (C=O) groups is 1. The summed E-state index contributed by atoms with van der Waals surface area (Å²) in [5, 5.41) is 7.61. The molecule has 0 bridgehead atoms. The number of aryl methyl sites for hydroxylation is 1. The highest BCUT2D eigenvalue weighted by atomic mass is 32.1. The molecule has 0 radical (unpaired) electrons. The van der Waals surface area contributed by atoms with Crippen LogP contribution in [0.2, 0.25) is 0 Å². The van der Waals surface area contributed by atoms with Crippen molar-refractivity contribution in [3.05, 3.63) is 64.5 Å². The lowest BCUT2D eigenvalue weighted by Crippen LogP contribution is -2.20. The molecule has 3 rings (SSSR count). The van der Waals surface area contributed by atoms with Gasteiger partial charge in [0.05, 0.1) is 10.7 Å². The Morgan fingerprint density at radius 2 is 1.71 bits per heavy atom. The molecule has 0 aliphatic heterocycles. The van der Waals surface area contributed by atoms with Gasteiger partial charge in [-0.1, -0.05) is 18.2 Å². The lowest BCUT2D eigenvalue weighted by atomic mass is 10.1. The topological polar surface area (TPSA) is 54.0 Å². The van der Waals surface area contributed by atoms with E-state index in [9.17, 15) is 13.6 Å². The molecule has 0 spiro atoms. The lowest BCUT2D eigenvalue weighted by molar-refractivity contribution is 0.262. The SMILES string of the molecule is Cc1nc(-c2ccc(NC(=O)Nc3c(F)cccc3F)cc2)cs1. The molecule has 2 amide bonds. The molecule has 2 aromatic carbocycles. The van der Waals surface area contributed by atoms with E-state index < -0.39 is 23.4 Å². The van der Waals surface area contributed by atoms with Crippen molar-refractivity contribution in [2.45, 2.75) is 6.92 Å². The molecule has 0 unspecified atom stereocenters. The molecule has 122 valence electrons. The minimum atomic E-state index is -0.834. The summed E-state index contributed by atoms with van der Waals surface area (Å²) in [5.41, 5.74) is 1.80. The van der Waals surface area contributed by atoms with Crippen LogP contribution >= 0.6 is 11.3 Å². The lowest BCUT2D eigenvalue weighted by Gasteiger charge is -2.09. The van der Waals surface area contributed by atoms with E-state index in [2.05, 4.69) is 15.6 Å². The van der Waals surface area contributed by atoms with Crippen LogP contribution in [0.15, 0.2) is 47.8 Å². The van der Waals surface area contributed by atoms with E-state index in [1.165, 1.54) is 6.07 Å². The first-order valence-corrected chi connectivity index (χ1v) is 7.95. The summed E-state index contributed by atoms with van der Waals surface area (Å²) in [7, 11) is 0. The first-order chi connectivity index (χ1) is 11.5. The summed E-state index contributed by atoms with van der Waals surface area (Å²) in [6, 6.07) is 9.67. The molecular formula is C17H13F2N3OS. The maximum atomic E-state index is 13.5. The molecule has 1 aromatic heterocycles. The van der Waals surface area contributed by atoms with Gasteiger partial charge in [-0.25, -0.2) is 18.6 Å². The normalized spacial score (nSPS) is 10.5. The molecule has 0 saturated heterocycles. The third kappa shape index (κ3) is 3.57. The van der Waals surface area contributed by atoms with Crippen molar-refractivity contribution in [1.82, 2.24) is 4.98 Å². The average Bonchev–Trinajstić information content (AvgIpc) is 2.98. The number of carbonyl (C=O) groups excluding carboxylic acids is 1. The van der Waals surface area contributed by atoms with Crippen molar-refractivity contribution in [3.63, 3.8) is 0 Å². The number of amides is 2. The first kappa shape index (κ1) is 16.1. The quantitative estimate of drug-likeness (QED) is 0.699. The van der Waals surface area contributed by atoms with Crippen molar-refractivity contribution in [2.75, 3.05) is 10.6 Å². The maximum Gasteiger partial charge on any atom is 0.323 e. The van der Waals surface area contributed by atoms with E-state index in [1.54, 1.807) is 23.5 Å². The highest BCUT2D eigenvalue weighted by Crippen LogP contribution is 2.23. The number of halogens is 2. The predicted octanol–water partition coefficient (Wildman–Crippen LogP) is 5.04. The van der Waals surface area contributed by atoms with Crippen molar-refractivity contribution >= 4 is 28.7 Å². The second kappa shape index (κ2) is 6.76. The van der Waals surface area contributed by atoms with Crippen molar-refractivity contribution in [2.24, 2.45) is 0 Å². The fraction of sp³-hybridized carbons (Fsp3) is 0.0588. The Morgan fingerprint density at radius 1 is 1.04 bits per heavy atom. The van der Waals surface area contributed by atoms with Crippen LogP contribution in [0.1, 0.15) is 5.01 Å². The van der Waals surface area contributed by atoms with Gasteiger partial charge in [-0.05, 0) is 31.2 Å². The standard InChI is InChI=1S/C17H13F2N3OS/c1-10-20-15(9-24-10)11-5-7-12(8-6-11)21-17(23)22-16-13(18)3-2-4-14(16)19/h2-9H,1H3,(H2,21,22,23). The number of nitrogens with one attached hydrogen (secondary N) is 2. The average molecular weight is 345 g/mol. The molecule has 1 heterocycles. The van der Waals surface area contributed by atoms with Crippen LogP contribution in [0.3, 0.4) is 0 Å². The van der Waals surface area contributed by atoms with Crippen molar-refractivity contribution in [3.8, 4) is 11.3 Å². The largest absolute Gasteiger partial charge is 0.323 e. The van der Waals surface area contributed by atoms with Crippen molar-refractivity contribution in [1.29, 1.82) is 0 Å². The second-order valence-corrected chi connectivity index (χ2v) is 6.07. The van der Waals surface area contributed by atoms with Gasteiger partial charge in [-0.3, -0.25) is 0 Å². The molecule has 0 saturated carbocycles. The first-order valence-electron chi connectivity index (χ1n) is 7.07. The van der Waals surface area contributed by atoms with Gasteiger partial charge in [-0.15, -0.1) is 11.3 Å². The number of anilines is 2. The predicted molar refractivity (Wildman–Crippen MR) is 91.3 cm³/mol. The summed E-state index contributed by atoms with van der Waals surface area (Å²) >= 11 is 1.56. The number of nitrogens with zero attached hydrogens (tertiary/aromatic N) is 1. The summed E-state index contributed by atoms with van der Waals surface area (Å²) in [5.74, 6) is -1.67. The van der Waals surface area contributed by atoms with Crippen LogP contribution in [0, 0.1) is 18.6 Å². The number of thiazole rings is 1. The minimum Gasteiger partial charge on any atom is -0.308 e. The Morgan fingerprint density at radius 3 is 2.29 bits per heavy atom. The van der Waals surface area contributed by atoms with E-state index in [1.807, 2.05) is 24.4 Å². The maximum absolute atomic E-state index is 13.5. The monoisotopic (exact) mass is 345 g/mol. The summed E-state index contributed by atoms with van der Waals surface area (Å²) in [6.45, 7) is 1.93. The number of hydrogen-bond donors (Lipinski definition) is 2. The van der Waals surface area contributed by atoms with E-state index in [4.69, 9.17) is 0 Å². The Balaban J connectivity index is 1.69. The smallest absolute Gasteiger partial charge is 0.308 e. The fourth-order valence-electron chi connectivity index (χ4n) is 2.11. The molecule has 24 heavy (non-hydrogen) atoms. The molecular weight excluding hydrogens is 332 g/mol. The van der Waals surface area contributed by atoms with E-state index in [0.29, 0.717) is 5.69 Å². The van der Waals surface area contributed by atoms with Gasteiger partial charge in [0, 0.05) is 16.6 Å². The number of benzene rings is 2. The highest BCUT2D eigenvalue weighted by molar-refractivity contribution is 7.09. The van der Waals surface area contributed by atoms with Gasteiger partial charge in [0.2, 0.25) is 0 Å². The van der Waals surface area contributed by atoms with Gasteiger partial charge in [0.25, 0.3) is 0 Å². The van der Waals surface area contributed by atoms with Crippen LogP contribution in [0.5, 0.6) is 0 Å². The zero-order valence-corrected chi connectivity index (χ0v) is 13.5. The minimum absolute atomic E-state index is 0.482. The van der Waals surface area contributed by atoms with Crippen LogP contribution < -0.4 is 10.6 Å². The van der Waals surface area contributed by atoms with Crippen molar-refractivity contribution < 1.29 is 13.6 Å². The molecule has 0 aliphatic rings. The Kier molecular flexibility index (Phi) is 4.52. The van der Waals surface area contributed by atoms with Gasteiger partial charge in [0.15, 0.2) is 0 Å². The van der Waals surface area contributed by atoms with E-state index in [-0.39, 0.29) is 0 Å². The molecule has 3 aromatic rings. The third-order valence-corrected chi connectivity index (χ3v) is 4.03. The van der Waals surface area contributed by atoms with Gasteiger partial charge in [0.1, 0.15) is 17.3 Å². The van der Waals surface area contributed by atoms with Gasteiger partial charge >= 0.3 is 6.03 Å². The van der Waals surface area contributed by atoms with Gasteiger partial charge in [-0.2, -0.15) is 0 Å². The third-order valence-electron chi connectivity index (χ3n) is 3.26. The molecule has 0 atom stereocenters. The Labute approximate surface area is 141 Å².